The fourth-order valence-corrected chi connectivity index (χ4v) is 7.86. The minimum Gasteiger partial charge on any atom is -0.508 e. The predicted octanol–water partition coefficient (Wildman–Crippen LogP) is 0.740. The number of nitrogens with zero attached hydrogens (tertiary/aromatic N) is 2. The number of benzene rings is 2. The third-order valence-electron chi connectivity index (χ3n) is 11.7. The molecule has 7 amide bonds. The Kier molecular flexibility index (Phi) is 18.9. The van der Waals surface area contributed by atoms with Crippen LogP contribution in [0.1, 0.15) is 83.8 Å². The number of aromatic hydroxyl groups is 1. The molecule has 9 N–H and O–H groups in total. The van der Waals surface area contributed by atoms with Gasteiger partial charge in [-0.25, -0.2) is 4.79 Å². The van der Waals surface area contributed by atoms with Crippen LogP contribution in [0, 0.1) is 11.8 Å². The second-order valence-corrected chi connectivity index (χ2v) is 16.7. The summed E-state index contributed by atoms with van der Waals surface area (Å²) in [4.78, 5) is 110. The number of carboxylic acids is 1. The molecule has 0 radical (unpaired) electrons. The highest BCUT2D eigenvalue weighted by Gasteiger charge is 2.43. The van der Waals surface area contributed by atoms with E-state index in [2.05, 4.69) is 26.6 Å². The molecule has 0 aromatic heterocycles. The van der Waals surface area contributed by atoms with Crippen LogP contribution in [-0.2, 0) is 51.2 Å². The molecule has 63 heavy (non-hydrogen) atoms. The van der Waals surface area contributed by atoms with Crippen molar-refractivity contribution in [2.24, 2.45) is 17.6 Å². The van der Waals surface area contributed by atoms with Gasteiger partial charge in [-0.15, -0.1) is 0 Å². The lowest BCUT2D eigenvalue weighted by molar-refractivity contribution is -0.147. The third kappa shape index (κ3) is 14.2. The van der Waals surface area contributed by atoms with Gasteiger partial charge in [0.25, 0.3) is 0 Å². The molecule has 0 unspecified atom stereocenters. The molecule has 2 aromatic carbocycles. The molecule has 0 saturated carbocycles. The molecular weight excluding hydrogens is 813 g/mol. The highest BCUT2D eigenvalue weighted by molar-refractivity contribution is 5.97. The number of aliphatic carboxylic acids is 1. The van der Waals surface area contributed by atoms with E-state index in [1.807, 2.05) is 6.92 Å². The lowest BCUT2D eigenvalue weighted by Crippen LogP contribution is -2.60. The maximum atomic E-state index is 13.9. The van der Waals surface area contributed by atoms with Crippen LogP contribution < -0.4 is 32.3 Å². The van der Waals surface area contributed by atoms with Crippen LogP contribution in [0.25, 0.3) is 0 Å². The zero-order valence-electron chi connectivity index (χ0n) is 36.6. The normalized spacial score (nSPS) is 18.4. The molecule has 2 heterocycles. The first kappa shape index (κ1) is 49.6. The smallest absolute Gasteiger partial charge is 0.326 e. The Bertz CT molecular complexity index is 1910. The van der Waals surface area contributed by atoms with E-state index in [1.165, 1.54) is 17.0 Å². The largest absolute Gasteiger partial charge is 0.508 e. The van der Waals surface area contributed by atoms with Crippen molar-refractivity contribution in [2.75, 3.05) is 26.2 Å². The van der Waals surface area contributed by atoms with E-state index in [4.69, 9.17) is 5.73 Å². The summed E-state index contributed by atoms with van der Waals surface area (Å²) in [5.74, 6) is -5.98. The van der Waals surface area contributed by atoms with Gasteiger partial charge in [-0.2, -0.15) is 0 Å². The predicted molar refractivity (Wildman–Crippen MR) is 232 cm³/mol. The van der Waals surface area contributed by atoms with Gasteiger partial charge in [0.15, 0.2) is 0 Å². The minimum atomic E-state index is -1.32. The maximum absolute atomic E-state index is 13.9. The second kappa shape index (κ2) is 24.0. The molecule has 2 aromatic rings. The summed E-state index contributed by atoms with van der Waals surface area (Å²) in [7, 11) is 0. The number of carbonyl (C=O) groups excluding carboxylic acids is 7. The number of rotatable bonds is 22. The highest BCUT2D eigenvalue weighted by Crippen LogP contribution is 2.26. The van der Waals surface area contributed by atoms with Crippen molar-refractivity contribution in [3.05, 3.63) is 65.7 Å². The Balaban J connectivity index is 1.40. The Morgan fingerprint density at radius 3 is 1.97 bits per heavy atom. The first-order chi connectivity index (χ1) is 30.0. The van der Waals surface area contributed by atoms with Crippen molar-refractivity contribution in [3.8, 4) is 5.75 Å². The summed E-state index contributed by atoms with van der Waals surface area (Å²) >= 11 is 0. The molecule has 0 spiro atoms. The average Bonchev–Trinajstić information content (AvgIpc) is 3.97. The molecule has 2 aliphatic rings. The van der Waals surface area contributed by atoms with Crippen molar-refractivity contribution in [1.82, 2.24) is 36.4 Å². The van der Waals surface area contributed by atoms with Gasteiger partial charge in [0.2, 0.25) is 41.4 Å². The molecule has 4 rings (SSSR count). The number of amides is 7. The number of phenols is 1. The first-order valence-corrected chi connectivity index (χ1v) is 21.9. The fraction of sp³-hybridized carbons (Fsp3) is 0.556. The van der Waals surface area contributed by atoms with Crippen LogP contribution in [0.15, 0.2) is 54.6 Å². The molecule has 18 nitrogen and oxygen atoms in total. The topological polar surface area (TPSA) is 270 Å². The summed E-state index contributed by atoms with van der Waals surface area (Å²) < 4.78 is 0. The average molecular weight is 877 g/mol. The maximum Gasteiger partial charge on any atom is 0.326 e. The number of hydrogen-bond acceptors (Lipinski definition) is 10. The van der Waals surface area contributed by atoms with E-state index in [-0.39, 0.29) is 42.7 Å². The minimum absolute atomic E-state index is 0.0147. The number of nitrogens with one attached hydrogen (secondary N) is 5. The van der Waals surface area contributed by atoms with Crippen LogP contribution in [0.5, 0.6) is 5.75 Å². The van der Waals surface area contributed by atoms with Gasteiger partial charge in [0.05, 0.1) is 6.54 Å². The van der Waals surface area contributed by atoms with Crippen molar-refractivity contribution >= 4 is 47.3 Å². The zero-order valence-corrected chi connectivity index (χ0v) is 36.6. The van der Waals surface area contributed by atoms with Crippen LogP contribution in [-0.4, -0.2) is 130 Å². The van der Waals surface area contributed by atoms with Crippen molar-refractivity contribution in [3.63, 3.8) is 0 Å². The Morgan fingerprint density at radius 2 is 1.35 bits per heavy atom. The Morgan fingerprint density at radius 1 is 0.730 bits per heavy atom. The summed E-state index contributed by atoms with van der Waals surface area (Å²) in [5, 5.41) is 32.8. The standard InChI is InChI=1S/C45H64N8O10/c1-5-28(4)39(51-41(58)34-14-10-23-53(34)44(61)35-15-11-22-52(35)37(56)16-9-21-46)43(60)50-38(27(2)3)42(59)47-26-36(55)48-32(24-30-17-19-31(54)20-18-30)40(57)49-33(45(62)63)25-29-12-7-6-8-13-29/h6-8,12-13,17-20,27-28,32-35,38-39,54H,5,9-11,14-16,21-26,46H2,1-4H3,(H,47,59)(H,48,55)(H,49,57)(H,50,60)(H,51,58)(H,62,63)/t28-,32-,33-,34-,35-,38-,39-/m0/s1. The van der Waals surface area contributed by atoms with Gasteiger partial charge < -0.3 is 52.3 Å². The number of phenolic OH excluding ortho intramolecular Hbond substituents is 1. The Hall–Kier alpha value is -6.04. The lowest BCUT2D eigenvalue weighted by Gasteiger charge is -2.33. The van der Waals surface area contributed by atoms with E-state index < -0.39 is 84.2 Å². The summed E-state index contributed by atoms with van der Waals surface area (Å²) in [6.45, 7) is 7.58. The van der Waals surface area contributed by atoms with Gasteiger partial charge in [0, 0.05) is 32.4 Å². The van der Waals surface area contributed by atoms with Crippen molar-refractivity contribution in [1.29, 1.82) is 0 Å². The van der Waals surface area contributed by atoms with E-state index in [1.54, 1.807) is 68.1 Å². The van der Waals surface area contributed by atoms with E-state index in [0.717, 1.165) is 0 Å². The van der Waals surface area contributed by atoms with Crippen LogP contribution in [0.3, 0.4) is 0 Å². The lowest BCUT2D eigenvalue weighted by atomic mass is 9.96. The molecule has 7 atom stereocenters. The van der Waals surface area contributed by atoms with Crippen molar-refractivity contribution in [2.45, 2.75) is 122 Å². The third-order valence-corrected chi connectivity index (χ3v) is 11.7. The van der Waals surface area contributed by atoms with E-state index in [9.17, 15) is 48.6 Å². The van der Waals surface area contributed by atoms with Crippen LogP contribution in [0.4, 0.5) is 0 Å². The van der Waals surface area contributed by atoms with E-state index >= 15 is 0 Å². The number of nitrogens with two attached hydrogens (primary N) is 1. The van der Waals surface area contributed by atoms with Gasteiger partial charge in [-0.3, -0.25) is 33.6 Å². The first-order valence-electron chi connectivity index (χ1n) is 21.9. The molecule has 18 heteroatoms. The molecule has 2 saturated heterocycles. The second-order valence-electron chi connectivity index (χ2n) is 16.7. The van der Waals surface area contributed by atoms with E-state index in [0.29, 0.717) is 69.3 Å². The number of hydrogen-bond donors (Lipinski definition) is 8. The summed E-state index contributed by atoms with van der Waals surface area (Å²) in [5.41, 5.74) is 6.81. The van der Waals surface area contributed by atoms with Crippen molar-refractivity contribution < 1.29 is 48.6 Å². The number of likely N-dealkylation sites (tertiary alicyclic amines) is 2. The van der Waals surface area contributed by atoms with Crippen LogP contribution in [0.2, 0.25) is 0 Å². The van der Waals surface area contributed by atoms with Gasteiger partial charge in [0.1, 0.15) is 42.0 Å². The van der Waals surface area contributed by atoms with Gasteiger partial charge in [-0.05, 0) is 73.7 Å². The Labute approximate surface area is 368 Å². The molecule has 344 valence electrons. The SMILES string of the molecule is CC[C@H](C)[C@H](NC(=O)[C@@H]1CCCN1C(=O)[C@@H]1CCCN1C(=O)CCCN)C(=O)N[C@H](C(=O)NCC(=O)N[C@@H](Cc1ccc(O)cc1)C(=O)N[C@@H](Cc1ccccc1)C(=O)O)C(C)C. The highest BCUT2D eigenvalue weighted by atomic mass is 16.4. The van der Waals surface area contributed by atoms with Crippen LogP contribution >= 0.6 is 0 Å². The molecule has 2 fully saturated rings. The number of carbonyl (C=O) groups is 8. The van der Waals surface area contributed by atoms with Gasteiger partial charge in [-0.1, -0.05) is 76.6 Å². The monoisotopic (exact) mass is 876 g/mol. The molecule has 2 aliphatic heterocycles. The quantitative estimate of drug-likeness (QED) is 0.0818. The molecule has 0 aliphatic carbocycles. The summed E-state index contributed by atoms with van der Waals surface area (Å²) in [6.07, 6.45) is 3.27. The zero-order chi connectivity index (χ0) is 46.2. The van der Waals surface area contributed by atoms with Gasteiger partial charge >= 0.3 is 5.97 Å². The molecule has 0 bridgehead atoms. The fourth-order valence-electron chi connectivity index (χ4n) is 7.86. The summed E-state index contributed by atoms with van der Waals surface area (Å²) in [6, 6.07) is 8.31. The molecular formula is C45H64N8O10. The number of carboxylic acid groups (broad SMARTS) is 1.